The molecule has 0 saturated carbocycles. The van der Waals surface area contributed by atoms with E-state index in [0.29, 0.717) is 11.6 Å². The first-order valence-electron chi connectivity index (χ1n) is 3.03. The van der Waals surface area contributed by atoms with Crippen molar-refractivity contribution in [3.05, 3.63) is 12.3 Å². The van der Waals surface area contributed by atoms with Crippen LogP contribution in [0, 0.1) is 0 Å². The molecule has 0 aliphatic heterocycles. The molecule has 0 spiro atoms. The van der Waals surface area contributed by atoms with Crippen LogP contribution in [-0.4, -0.2) is 19.2 Å². The molecule has 11 heavy (non-hydrogen) atoms. The van der Waals surface area contributed by atoms with Crippen molar-refractivity contribution < 1.29 is 14.6 Å². The summed E-state index contributed by atoms with van der Waals surface area (Å²) >= 11 is 0. The predicted molar refractivity (Wildman–Crippen MR) is 37.5 cm³/mol. The summed E-state index contributed by atoms with van der Waals surface area (Å²) in [7, 11) is 2.92. The number of pyridine rings is 1. The molecule has 0 fully saturated rings. The van der Waals surface area contributed by atoms with Crippen LogP contribution in [0.4, 0.5) is 0 Å². The van der Waals surface area contributed by atoms with Crippen LogP contribution in [0.25, 0.3) is 0 Å². The highest BCUT2D eigenvalue weighted by Gasteiger charge is 2.05. The monoisotopic (exact) mass is 154 g/mol. The molecular weight excluding hydrogens is 146 g/mol. The van der Waals surface area contributed by atoms with E-state index in [2.05, 4.69) is 4.98 Å². The standard InChI is InChI=1S/C7H8NO3/c1-10-6-3-5(9)4-8-7(6)11-2/h3-4H,1-2H3. The predicted octanol–water partition coefficient (Wildman–Crippen LogP) is 1.24. The SMILES string of the molecule is COc1cc([O])cnc1OC. The van der Waals surface area contributed by atoms with Gasteiger partial charge in [0.1, 0.15) is 0 Å². The summed E-state index contributed by atoms with van der Waals surface area (Å²) in [6.07, 6.45) is 1.18. The minimum Gasteiger partial charge on any atom is -0.491 e. The molecule has 4 heteroatoms. The lowest BCUT2D eigenvalue weighted by Gasteiger charge is -2.03. The topological polar surface area (TPSA) is 51.2 Å². The molecular formula is C7H8NO3. The van der Waals surface area contributed by atoms with Gasteiger partial charge in [0.05, 0.1) is 20.4 Å². The van der Waals surface area contributed by atoms with E-state index >= 15 is 0 Å². The Labute approximate surface area is 64.4 Å². The maximum absolute atomic E-state index is 10.7. The van der Waals surface area contributed by atoms with E-state index in [1.54, 1.807) is 0 Å². The van der Waals surface area contributed by atoms with E-state index in [9.17, 15) is 5.11 Å². The summed E-state index contributed by atoms with van der Waals surface area (Å²) in [5, 5.41) is 10.7. The lowest BCUT2D eigenvalue weighted by molar-refractivity contribution is 0.323. The van der Waals surface area contributed by atoms with Gasteiger partial charge in [-0.25, -0.2) is 4.98 Å². The molecule has 0 aromatic carbocycles. The van der Waals surface area contributed by atoms with Gasteiger partial charge in [0.2, 0.25) is 5.75 Å². The molecule has 0 aliphatic carbocycles. The summed E-state index contributed by atoms with van der Waals surface area (Å²) < 4.78 is 9.65. The van der Waals surface area contributed by atoms with Gasteiger partial charge >= 0.3 is 0 Å². The van der Waals surface area contributed by atoms with Gasteiger partial charge < -0.3 is 9.47 Å². The van der Waals surface area contributed by atoms with Crippen LogP contribution in [0.5, 0.6) is 17.4 Å². The third-order valence-electron chi connectivity index (χ3n) is 1.21. The van der Waals surface area contributed by atoms with Crippen molar-refractivity contribution in [1.29, 1.82) is 0 Å². The number of methoxy groups -OCH3 is 2. The fraction of sp³-hybridized carbons (Fsp3) is 0.286. The highest BCUT2D eigenvalue weighted by atomic mass is 16.5. The van der Waals surface area contributed by atoms with Gasteiger partial charge in [-0.1, -0.05) is 0 Å². The Bertz CT molecular complexity index is 249. The first-order valence-corrected chi connectivity index (χ1v) is 3.03. The van der Waals surface area contributed by atoms with Gasteiger partial charge in [-0.05, 0) is 0 Å². The summed E-state index contributed by atoms with van der Waals surface area (Å²) in [6, 6.07) is 1.33. The fourth-order valence-electron chi connectivity index (χ4n) is 0.714. The molecule has 1 radical (unpaired) electrons. The number of hydrogen-bond acceptors (Lipinski definition) is 3. The highest BCUT2D eigenvalue weighted by molar-refractivity contribution is 5.38. The summed E-state index contributed by atoms with van der Waals surface area (Å²) in [4.78, 5) is 3.71. The Balaban J connectivity index is 3.06. The van der Waals surface area contributed by atoms with Crippen LogP contribution in [0.1, 0.15) is 0 Å². The van der Waals surface area contributed by atoms with Crippen molar-refractivity contribution in [3.63, 3.8) is 0 Å². The lowest BCUT2D eigenvalue weighted by Crippen LogP contribution is -1.91. The quantitative estimate of drug-likeness (QED) is 0.644. The molecule has 0 amide bonds. The number of hydrogen-bond donors (Lipinski definition) is 0. The Hall–Kier alpha value is -1.45. The van der Waals surface area contributed by atoms with Crippen molar-refractivity contribution in [2.24, 2.45) is 0 Å². The summed E-state index contributed by atoms with van der Waals surface area (Å²) in [5.41, 5.74) is 0. The van der Waals surface area contributed by atoms with Crippen LogP contribution >= 0.6 is 0 Å². The van der Waals surface area contributed by atoms with Gasteiger partial charge in [-0.2, -0.15) is 0 Å². The Morgan fingerprint density at radius 3 is 2.64 bits per heavy atom. The smallest absolute Gasteiger partial charge is 0.256 e. The van der Waals surface area contributed by atoms with Crippen molar-refractivity contribution >= 4 is 0 Å². The molecule has 0 N–H and O–H groups in total. The van der Waals surface area contributed by atoms with Crippen LogP contribution in [0.3, 0.4) is 0 Å². The van der Waals surface area contributed by atoms with Crippen LogP contribution in [-0.2, 0) is 5.11 Å². The lowest BCUT2D eigenvalue weighted by atomic mass is 10.4. The number of rotatable bonds is 2. The molecule has 1 aromatic rings. The van der Waals surface area contributed by atoms with Crippen molar-refractivity contribution in [3.8, 4) is 17.4 Å². The first-order chi connectivity index (χ1) is 5.27. The summed E-state index contributed by atoms with van der Waals surface area (Å²) in [6.45, 7) is 0. The average Bonchev–Trinajstić information content (AvgIpc) is 2.04. The highest BCUT2D eigenvalue weighted by Crippen LogP contribution is 2.27. The molecule has 0 saturated heterocycles. The van der Waals surface area contributed by atoms with Gasteiger partial charge in [0, 0.05) is 6.07 Å². The molecule has 4 nitrogen and oxygen atoms in total. The summed E-state index contributed by atoms with van der Waals surface area (Å²) in [5.74, 6) is 0.495. The molecule has 1 rings (SSSR count). The third kappa shape index (κ3) is 1.52. The van der Waals surface area contributed by atoms with E-state index in [1.807, 2.05) is 0 Å². The van der Waals surface area contributed by atoms with Gasteiger partial charge in [-0.15, -0.1) is 0 Å². The zero-order valence-corrected chi connectivity index (χ0v) is 6.33. The molecule has 0 aliphatic rings. The van der Waals surface area contributed by atoms with Crippen molar-refractivity contribution in [2.75, 3.05) is 14.2 Å². The molecule has 0 atom stereocenters. The van der Waals surface area contributed by atoms with E-state index in [-0.39, 0.29) is 5.75 Å². The van der Waals surface area contributed by atoms with E-state index < -0.39 is 0 Å². The van der Waals surface area contributed by atoms with Crippen LogP contribution < -0.4 is 9.47 Å². The first kappa shape index (κ1) is 7.65. The largest absolute Gasteiger partial charge is 0.491 e. The average molecular weight is 154 g/mol. The second kappa shape index (κ2) is 3.09. The van der Waals surface area contributed by atoms with Crippen LogP contribution in [0.15, 0.2) is 12.3 Å². The van der Waals surface area contributed by atoms with E-state index in [1.165, 1.54) is 26.5 Å². The second-order valence-electron chi connectivity index (χ2n) is 1.88. The maximum Gasteiger partial charge on any atom is 0.256 e. The Morgan fingerprint density at radius 1 is 1.36 bits per heavy atom. The molecule has 59 valence electrons. The van der Waals surface area contributed by atoms with E-state index in [4.69, 9.17) is 9.47 Å². The van der Waals surface area contributed by atoms with Crippen LogP contribution in [0.2, 0.25) is 0 Å². The van der Waals surface area contributed by atoms with Gasteiger partial charge in [-0.3, -0.25) is 5.11 Å². The second-order valence-corrected chi connectivity index (χ2v) is 1.88. The maximum atomic E-state index is 10.7. The molecule has 0 bridgehead atoms. The zero-order chi connectivity index (χ0) is 8.27. The minimum absolute atomic E-state index is 0.192. The fourth-order valence-corrected chi connectivity index (χ4v) is 0.714. The molecule has 1 heterocycles. The van der Waals surface area contributed by atoms with E-state index in [0.717, 1.165) is 0 Å². The van der Waals surface area contributed by atoms with Crippen molar-refractivity contribution in [2.45, 2.75) is 0 Å². The van der Waals surface area contributed by atoms with Gasteiger partial charge in [0.15, 0.2) is 5.75 Å². The number of ether oxygens (including phenoxy) is 2. The third-order valence-corrected chi connectivity index (χ3v) is 1.21. The number of nitrogens with zero attached hydrogens (tertiary/aromatic N) is 1. The van der Waals surface area contributed by atoms with Crippen molar-refractivity contribution in [1.82, 2.24) is 4.98 Å². The normalized spacial score (nSPS) is 9.27. The molecule has 0 unspecified atom stereocenters. The van der Waals surface area contributed by atoms with Gasteiger partial charge in [0.25, 0.3) is 5.88 Å². The minimum atomic E-state index is -0.192. The number of aromatic nitrogens is 1. The zero-order valence-electron chi connectivity index (χ0n) is 6.33. The molecule has 1 aromatic heterocycles. The Kier molecular flexibility index (Phi) is 2.15. The Morgan fingerprint density at radius 2 is 2.09 bits per heavy atom.